The van der Waals surface area contributed by atoms with Crippen molar-refractivity contribution in [3.05, 3.63) is 65.7 Å². The highest BCUT2D eigenvalue weighted by molar-refractivity contribution is 5.97. The van der Waals surface area contributed by atoms with Crippen LogP contribution in [0.3, 0.4) is 0 Å². The zero-order valence-corrected chi connectivity index (χ0v) is 12.7. The number of ketones is 2. The van der Waals surface area contributed by atoms with Crippen LogP contribution in [-0.2, 0) is 22.6 Å². The Labute approximate surface area is 130 Å². The molecule has 2 aromatic rings. The summed E-state index contributed by atoms with van der Waals surface area (Å²) < 4.78 is 5.86. The number of benzene rings is 2. The Bertz CT molecular complexity index is 632. The van der Waals surface area contributed by atoms with E-state index >= 15 is 0 Å². The minimum atomic E-state index is -0.0846. The molecule has 0 aromatic heterocycles. The van der Waals surface area contributed by atoms with Crippen LogP contribution < -0.4 is 4.74 Å². The van der Waals surface area contributed by atoms with Crippen molar-refractivity contribution in [1.29, 1.82) is 0 Å². The first kappa shape index (κ1) is 16.0. The van der Waals surface area contributed by atoms with E-state index in [4.69, 9.17) is 4.74 Å². The van der Waals surface area contributed by atoms with Gasteiger partial charge in [-0.3, -0.25) is 9.59 Å². The summed E-state index contributed by atoms with van der Waals surface area (Å²) in [5.74, 6) is 0.686. The van der Waals surface area contributed by atoms with Crippen molar-refractivity contribution in [2.24, 2.45) is 0 Å². The first-order valence-corrected chi connectivity index (χ1v) is 7.41. The Hall–Kier alpha value is -2.42. The highest BCUT2D eigenvalue weighted by Crippen LogP contribution is 2.21. The molecular weight excluding hydrogens is 276 g/mol. The molecular formula is C19H20O3. The van der Waals surface area contributed by atoms with Crippen LogP contribution in [0.5, 0.6) is 5.75 Å². The molecule has 0 bridgehead atoms. The van der Waals surface area contributed by atoms with Crippen LogP contribution in [0.4, 0.5) is 0 Å². The number of carbonyl (C=O) groups excluding carboxylic acids is 2. The summed E-state index contributed by atoms with van der Waals surface area (Å²) in [5, 5.41) is 0. The van der Waals surface area contributed by atoms with E-state index in [2.05, 4.69) is 0 Å². The summed E-state index contributed by atoms with van der Waals surface area (Å²) in [6.45, 7) is 1.94. The Morgan fingerprint density at radius 3 is 2.36 bits per heavy atom. The highest BCUT2D eigenvalue weighted by Gasteiger charge is 2.09. The SMILES string of the molecule is CC(=O)CC(=O)CCc1ccccc1OCc1ccccc1. The minimum absolute atomic E-state index is 0.0209. The monoisotopic (exact) mass is 296 g/mol. The molecule has 0 aliphatic rings. The van der Waals surface area contributed by atoms with E-state index in [1.807, 2.05) is 54.6 Å². The van der Waals surface area contributed by atoms with Gasteiger partial charge in [-0.2, -0.15) is 0 Å². The van der Waals surface area contributed by atoms with Gasteiger partial charge in [-0.15, -0.1) is 0 Å². The van der Waals surface area contributed by atoms with Crippen LogP contribution in [0.1, 0.15) is 30.9 Å². The van der Waals surface area contributed by atoms with Gasteiger partial charge in [0.1, 0.15) is 23.9 Å². The van der Waals surface area contributed by atoms with E-state index < -0.39 is 0 Å². The van der Waals surface area contributed by atoms with Crippen molar-refractivity contribution in [2.45, 2.75) is 32.8 Å². The summed E-state index contributed by atoms with van der Waals surface area (Å²) in [6, 6.07) is 17.7. The van der Waals surface area contributed by atoms with Crippen LogP contribution in [0.25, 0.3) is 0 Å². The lowest BCUT2D eigenvalue weighted by molar-refractivity contribution is -0.125. The predicted molar refractivity (Wildman–Crippen MR) is 85.8 cm³/mol. The lowest BCUT2D eigenvalue weighted by atomic mass is 10.0. The highest BCUT2D eigenvalue weighted by atomic mass is 16.5. The smallest absolute Gasteiger partial charge is 0.140 e. The van der Waals surface area contributed by atoms with E-state index in [1.165, 1.54) is 6.92 Å². The molecule has 0 atom stereocenters. The molecule has 0 fully saturated rings. The first-order valence-electron chi connectivity index (χ1n) is 7.41. The summed E-state index contributed by atoms with van der Waals surface area (Å²) >= 11 is 0. The molecule has 0 aliphatic heterocycles. The van der Waals surface area contributed by atoms with Crippen LogP contribution in [0.15, 0.2) is 54.6 Å². The fourth-order valence-electron chi connectivity index (χ4n) is 2.23. The molecule has 0 saturated heterocycles. The van der Waals surface area contributed by atoms with Gasteiger partial charge in [-0.1, -0.05) is 48.5 Å². The fourth-order valence-corrected chi connectivity index (χ4v) is 2.23. The van der Waals surface area contributed by atoms with Gasteiger partial charge in [0.05, 0.1) is 6.42 Å². The second-order valence-electron chi connectivity index (χ2n) is 5.30. The number of aryl methyl sites for hydroxylation is 1. The molecule has 3 heteroatoms. The van der Waals surface area contributed by atoms with Gasteiger partial charge >= 0.3 is 0 Å². The number of carbonyl (C=O) groups is 2. The molecule has 0 N–H and O–H groups in total. The number of Topliss-reactive ketones (excluding diaryl/α,β-unsaturated/α-hetero) is 2. The molecule has 0 amide bonds. The van der Waals surface area contributed by atoms with Crippen molar-refractivity contribution < 1.29 is 14.3 Å². The Balaban J connectivity index is 1.95. The predicted octanol–water partition coefficient (Wildman–Crippen LogP) is 3.75. The topological polar surface area (TPSA) is 43.4 Å². The third-order valence-corrected chi connectivity index (χ3v) is 3.33. The summed E-state index contributed by atoms with van der Waals surface area (Å²) in [5.41, 5.74) is 2.10. The van der Waals surface area contributed by atoms with Crippen LogP contribution >= 0.6 is 0 Å². The van der Waals surface area contributed by atoms with Crippen molar-refractivity contribution in [1.82, 2.24) is 0 Å². The average molecular weight is 296 g/mol. The second-order valence-corrected chi connectivity index (χ2v) is 5.30. The van der Waals surface area contributed by atoms with Gasteiger partial charge in [-0.25, -0.2) is 0 Å². The second kappa shape index (κ2) is 8.13. The zero-order chi connectivity index (χ0) is 15.8. The van der Waals surface area contributed by atoms with E-state index in [0.717, 1.165) is 16.9 Å². The van der Waals surface area contributed by atoms with Crippen LogP contribution in [0.2, 0.25) is 0 Å². The van der Waals surface area contributed by atoms with Crippen molar-refractivity contribution >= 4 is 11.6 Å². The molecule has 0 unspecified atom stereocenters. The van der Waals surface area contributed by atoms with Gasteiger partial charge in [0.25, 0.3) is 0 Å². The van der Waals surface area contributed by atoms with Crippen LogP contribution in [0, 0.1) is 0 Å². The van der Waals surface area contributed by atoms with E-state index in [9.17, 15) is 9.59 Å². The maximum atomic E-state index is 11.7. The number of hydrogen-bond acceptors (Lipinski definition) is 3. The standard InChI is InChI=1S/C19H20O3/c1-15(20)13-18(21)12-11-17-9-5-6-10-19(17)22-14-16-7-3-2-4-8-16/h2-10H,11-14H2,1H3. The number of ether oxygens (including phenoxy) is 1. The maximum Gasteiger partial charge on any atom is 0.140 e. The summed E-state index contributed by atoms with van der Waals surface area (Å²) in [7, 11) is 0. The number of hydrogen-bond donors (Lipinski definition) is 0. The maximum absolute atomic E-state index is 11.7. The Kier molecular flexibility index (Phi) is 5.90. The molecule has 0 spiro atoms. The van der Waals surface area contributed by atoms with Gasteiger partial charge in [0, 0.05) is 6.42 Å². The number of rotatable bonds is 8. The van der Waals surface area contributed by atoms with Crippen LogP contribution in [-0.4, -0.2) is 11.6 Å². The normalized spacial score (nSPS) is 10.2. The zero-order valence-electron chi connectivity index (χ0n) is 12.7. The lowest BCUT2D eigenvalue weighted by Gasteiger charge is -2.11. The molecule has 2 aromatic carbocycles. The molecule has 0 aliphatic carbocycles. The van der Waals surface area contributed by atoms with E-state index in [1.54, 1.807) is 0 Å². The van der Waals surface area contributed by atoms with Gasteiger partial charge in [-0.05, 0) is 30.5 Å². The van der Waals surface area contributed by atoms with Gasteiger partial charge in [0.15, 0.2) is 0 Å². The number of para-hydroxylation sites is 1. The summed E-state index contributed by atoms with van der Waals surface area (Å²) in [4.78, 5) is 22.6. The average Bonchev–Trinajstić information content (AvgIpc) is 2.52. The Morgan fingerprint density at radius 1 is 0.955 bits per heavy atom. The van der Waals surface area contributed by atoms with Crippen molar-refractivity contribution in [3.8, 4) is 5.75 Å². The molecule has 3 nitrogen and oxygen atoms in total. The van der Waals surface area contributed by atoms with E-state index in [0.29, 0.717) is 19.4 Å². The molecule has 0 saturated carbocycles. The summed E-state index contributed by atoms with van der Waals surface area (Å²) in [6.07, 6.45) is 0.982. The third-order valence-electron chi connectivity index (χ3n) is 3.33. The fraction of sp³-hybridized carbons (Fsp3) is 0.263. The molecule has 0 heterocycles. The first-order chi connectivity index (χ1) is 10.6. The quantitative estimate of drug-likeness (QED) is 0.697. The van der Waals surface area contributed by atoms with Gasteiger partial charge in [0.2, 0.25) is 0 Å². The molecule has 22 heavy (non-hydrogen) atoms. The van der Waals surface area contributed by atoms with Crippen molar-refractivity contribution in [2.75, 3.05) is 0 Å². The Morgan fingerprint density at radius 2 is 1.64 bits per heavy atom. The van der Waals surface area contributed by atoms with Crippen molar-refractivity contribution in [3.63, 3.8) is 0 Å². The molecule has 0 radical (unpaired) electrons. The lowest BCUT2D eigenvalue weighted by Crippen LogP contribution is -2.06. The minimum Gasteiger partial charge on any atom is -0.489 e. The molecule has 114 valence electrons. The molecule has 2 rings (SSSR count). The van der Waals surface area contributed by atoms with E-state index in [-0.39, 0.29) is 18.0 Å². The largest absolute Gasteiger partial charge is 0.489 e. The van der Waals surface area contributed by atoms with Gasteiger partial charge < -0.3 is 4.74 Å². The third kappa shape index (κ3) is 5.17.